The fourth-order valence-electron chi connectivity index (χ4n) is 3.16. The number of likely N-dealkylation sites (tertiary alicyclic amines) is 1. The molecule has 24 heavy (non-hydrogen) atoms. The second-order valence-electron chi connectivity index (χ2n) is 6.37. The SMILES string of the molecule is OCc1cc(CNC2CCN(Cc3ccncc3)CC2)ccc1F. The van der Waals surface area contributed by atoms with Crippen molar-refractivity contribution in [2.45, 2.75) is 38.6 Å². The number of piperidine rings is 1. The standard InChI is InChI=1S/C19H24FN3O/c20-19-2-1-16(11-17(19)14-24)12-22-18-5-9-23(10-6-18)13-15-3-7-21-8-4-15/h1-4,7-8,11,18,22,24H,5-6,9-10,12-14H2. The summed E-state index contributed by atoms with van der Waals surface area (Å²) in [5.74, 6) is -0.342. The molecule has 1 fully saturated rings. The third-order valence-corrected chi connectivity index (χ3v) is 4.62. The zero-order valence-electron chi connectivity index (χ0n) is 13.8. The summed E-state index contributed by atoms with van der Waals surface area (Å²) in [6.45, 7) is 3.58. The van der Waals surface area contributed by atoms with E-state index in [0.29, 0.717) is 18.2 Å². The van der Waals surface area contributed by atoms with Crippen molar-refractivity contribution in [1.29, 1.82) is 0 Å². The number of halogens is 1. The molecular formula is C19H24FN3O. The van der Waals surface area contributed by atoms with Gasteiger partial charge in [-0.3, -0.25) is 9.88 Å². The molecule has 0 saturated carbocycles. The maximum absolute atomic E-state index is 13.4. The van der Waals surface area contributed by atoms with Crippen molar-refractivity contribution in [3.8, 4) is 0 Å². The molecule has 0 atom stereocenters. The Morgan fingerprint density at radius 2 is 1.88 bits per heavy atom. The molecule has 2 heterocycles. The fraction of sp³-hybridized carbons (Fsp3) is 0.421. The summed E-state index contributed by atoms with van der Waals surface area (Å²) in [5, 5.41) is 12.7. The van der Waals surface area contributed by atoms with E-state index in [9.17, 15) is 4.39 Å². The number of hydrogen-bond acceptors (Lipinski definition) is 4. The molecule has 0 aliphatic carbocycles. The highest BCUT2D eigenvalue weighted by atomic mass is 19.1. The van der Waals surface area contributed by atoms with Crippen molar-refractivity contribution in [1.82, 2.24) is 15.2 Å². The molecule has 128 valence electrons. The van der Waals surface area contributed by atoms with Crippen molar-refractivity contribution in [3.05, 3.63) is 65.2 Å². The van der Waals surface area contributed by atoms with Crippen LogP contribution in [0.3, 0.4) is 0 Å². The van der Waals surface area contributed by atoms with Gasteiger partial charge < -0.3 is 10.4 Å². The molecule has 0 radical (unpaired) electrons. The van der Waals surface area contributed by atoms with Gasteiger partial charge in [0.05, 0.1) is 6.61 Å². The lowest BCUT2D eigenvalue weighted by atomic mass is 10.0. The van der Waals surface area contributed by atoms with Gasteiger partial charge in [-0.2, -0.15) is 0 Å². The topological polar surface area (TPSA) is 48.4 Å². The summed E-state index contributed by atoms with van der Waals surface area (Å²) in [6, 6.07) is 9.57. The average Bonchev–Trinajstić information content (AvgIpc) is 2.63. The molecule has 1 aliphatic heterocycles. The van der Waals surface area contributed by atoms with E-state index in [0.717, 1.165) is 38.0 Å². The van der Waals surface area contributed by atoms with Gasteiger partial charge in [-0.1, -0.05) is 6.07 Å². The number of benzene rings is 1. The van der Waals surface area contributed by atoms with Crippen LogP contribution in [0.25, 0.3) is 0 Å². The predicted molar refractivity (Wildman–Crippen MR) is 91.7 cm³/mol. The summed E-state index contributed by atoms with van der Waals surface area (Å²) in [5.41, 5.74) is 2.68. The third kappa shape index (κ3) is 4.60. The van der Waals surface area contributed by atoms with Crippen LogP contribution in [0.15, 0.2) is 42.7 Å². The number of rotatable bonds is 6. The monoisotopic (exact) mass is 329 g/mol. The van der Waals surface area contributed by atoms with Crippen molar-refractivity contribution in [3.63, 3.8) is 0 Å². The van der Waals surface area contributed by atoms with Gasteiger partial charge in [0, 0.05) is 37.1 Å². The predicted octanol–water partition coefficient (Wildman–Crippen LogP) is 2.47. The Labute approximate surface area is 142 Å². The van der Waals surface area contributed by atoms with Crippen LogP contribution in [-0.2, 0) is 19.7 Å². The number of hydrogen-bond donors (Lipinski definition) is 2. The van der Waals surface area contributed by atoms with Crippen LogP contribution in [-0.4, -0.2) is 34.1 Å². The van der Waals surface area contributed by atoms with E-state index in [-0.39, 0.29) is 12.4 Å². The lowest BCUT2D eigenvalue weighted by Gasteiger charge is -2.32. The second kappa shape index (κ2) is 8.33. The Hall–Kier alpha value is -1.82. The van der Waals surface area contributed by atoms with E-state index < -0.39 is 0 Å². The van der Waals surface area contributed by atoms with Crippen LogP contribution in [0, 0.1) is 5.82 Å². The normalized spacial score (nSPS) is 16.4. The Kier molecular flexibility index (Phi) is 5.91. The molecule has 2 aromatic rings. The zero-order chi connectivity index (χ0) is 16.8. The highest BCUT2D eigenvalue weighted by molar-refractivity contribution is 5.24. The minimum atomic E-state index is -0.342. The van der Waals surface area contributed by atoms with Gasteiger partial charge in [0.2, 0.25) is 0 Å². The van der Waals surface area contributed by atoms with E-state index >= 15 is 0 Å². The highest BCUT2D eigenvalue weighted by Gasteiger charge is 2.18. The van der Waals surface area contributed by atoms with E-state index in [1.807, 2.05) is 12.4 Å². The molecule has 0 bridgehead atoms. The number of nitrogens with zero attached hydrogens (tertiary/aromatic N) is 2. The van der Waals surface area contributed by atoms with Crippen LogP contribution in [0.5, 0.6) is 0 Å². The molecule has 1 saturated heterocycles. The van der Waals surface area contributed by atoms with Crippen LogP contribution in [0.4, 0.5) is 4.39 Å². The van der Waals surface area contributed by atoms with Gasteiger partial charge in [-0.05, 0) is 61.3 Å². The molecule has 0 amide bonds. The van der Waals surface area contributed by atoms with E-state index in [4.69, 9.17) is 5.11 Å². The molecule has 1 aromatic carbocycles. The third-order valence-electron chi connectivity index (χ3n) is 4.62. The summed E-state index contributed by atoms with van der Waals surface area (Å²) >= 11 is 0. The summed E-state index contributed by atoms with van der Waals surface area (Å²) < 4.78 is 13.4. The van der Waals surface area contributed by atoms with Crippen molar-refractivity contribution < 1.29 is 9.50 Å². The van der Waals surface area contributed by atoms with Gasteiger partial charge in [0.25, 0.3) is 0 Å². The summed E-state index contributed by atoms with van der Waals surface area (Å²) in [7, 11) is 0. The summed E-state index contributed by atoms with van der Waals surface area (Å²) in [6.07, 6.45) is 5.90. The molecule has 1 aromatic heterocycles. The van der Waals surface area contributed by atoms with E-state index in [2.05, 4.69) is 27.3 Å². The molecule has 3 rings (SSSR count). The van der Waals surface area contributed by atoms with Crippen LogP contribution in [0.2, 0.25) is 0 Å². The Balaban J connectivity index is 1.44. The van der Waals surface area contributed by atoms with Crippen molar-refractivity contribution in [2.24, 2.45) is 0 Å². The first kappa shape index (κ1) is 17.0. The zero-order valence-corrected chi connectivity index (χ0v) is 13.8. The van der Waals surface area contributed by atoms with Gasteiger partial charge in [-0.15, -0.1) is 0 Å². The second-order valence-corrected chi connectivity index (χ2v) is 6.37. The van der Waals surface area contributed by atoms with Crippen LogP contribution in [0.1, 0.15) is 29.5 Å². The molecule has 4 nitrogen and oxygen atoms in total. The van der Waals surface area contributed by atoms with Gasteiger partial charge in [-0.25, -0.2) is 4.39 Å². The lowest BCUT2D eigenvalue weighted by molar-refractivity contribution is 0.190. The maximum atomic E-state index is 13.4. The maximum Gasteiger partial charge on any atom is 0.128 e. The van der Waals surface area contributed by atoms with Gasteiger partial charge in [0.15, 0.2) is 0 Å². The number of nitrogens with one attached hydrogen (secondary N) is 1. The smallest absolute Gasteiger partial charge is 0.128 e. The van der Waals surface area contributed by atoms with E-state index in [1.165, 1.54) is 11.6 Å². The highest BCUT2D eigenvalue weighted by Crippen LogP contribution is 2.15. The Morgan fingerprint density at radius 1 is 1.12 bits per heavy atom. The molecular weight excluding hydrogens is 305 g/mol. The first-order chi connectivity index (χ1) is 11.7. The summed E-state index contributed by atoms with van der Waals surface area (Å²) in [4.78, 5) is 6.52. The van der Waals surface area contributed by atoms with Crippen LogP contribution < -0.4 is 5.32 Å². The first-order valence-electron chi connectivity index (χ1n) is 8.47. The largest absolute Gasteiger partial charge is 0.392 e. The van der Waals surface area contributed by atoms with Gasteiger partial charge >= 0.3 is 0 Å². The quantitative estimate of drug-likeness (QED) is 0.855. The van der Waals surface area contributed by atoms with Gasteiger partial charge in [0.1, 0.15) is 5.82 Å². The van der Waals surface area contributed by atoms with Crippen molar-refractivity contribution in [2.75, 3.05) is 13.1 Å². The Morgan fingerprint density at radius 3 is 2.58 bits per heavy atom. The van der Waals surface area contributed by atoms with Crippen LogP contribution >= 0.6 is 0 Å². The fourth-order valence-corrected chi connectivity index (χ4v) is 3.16. The van der Waals surface area contributed by atoms with Crippen molar-refractivity contribution >= 4 is 0 Å². The number of aromatic nitrogens is 1. The average molecular weight is 329 g/mol. The molecule has 0 spiro atoms. The molecule has 2 N–H and O–H groups in total. The molecule has 1 aliphatic rings. The Bertz CT molecular complexity index is 642. The number of pyridine rings is 1. The molecule has 0 unspecified atom stereocenters. The molecule has 5 heteroatoms. The first-order valence-corrected chi connectivity index (χ1v) is 8.47. The minimum Gasteiger partial charge on any atom is -0.392 e. The number of aliphatic hydroxyl groups is 1. The number of aliphatic hydroxyl groups excluding tert-OH is 1. The minimum absolute atomic E-state index is 0.257. The van der Waals surface area contributed by atoms with E-state index in [1.54, 1.807) is 12.1 Å². The lowest BCUT2D eigenvalue weighted by Crippen LogP contribution is -2.41.